The summed E-state index contributed by atoms with van der Waals surface area (Å²) in [6.07, 6.45) is 2.06. The minimum Gasteiger partial charge on any atom is -0.463 e. The highest BCUT2D eigenvalue weighted by Gasteiger charge is 2.06. The van der Waals surface area contributed by atoms with Crippen molar-refractivity contribution >= 4 is 45.0 Å². The van der Waals surface area contributed by atoms with E-state index in [2.05, 4.69) is 27.5 Å². The molecule has 0 unspecified atom stereocenters. The van der Waals surface area contributed by atoms with Gasteiger partial charge in [0.15, 0.2) is 0 Å². The zero-order valence-electron chi connectivity index (χ0n) is 10.8. The average molecular weight is 361 g/mol. The number of hydrogen-bond donors (Lipinski definition) is 1. The molecule has 1 heterocycles. The summed E-state index contributed by atoms with van der Waals surface area (Å²) < 4.78 is 6.71. The Morgan fingerprint density at radius 3 is 2.79 bits per heavy atom. The molecule has 0 amide bonds. The van der Waals surface area contributed by atoms with Crippen molar-refractivity contribution < 1.29 is 4.42 Å². The summed E-state index contributed by atoms with van der Waals surface area (Å²) >= 11 is 11.4. The molecule has 0 saturated carbocycles. The number of thioether (sulfide) groups is 1. The summed E-state index contributed by atoms with van der Waals surface area (Å²) in [4.78, 5) is 0. The number of nitrogens with one attached hydrogen (secondary N) is 1. The predicted octanol–water partition coefficient (Wildman–Crippen LogP) is 5.48. The molecule has 1 aromatic heterocycles. The Balaban J connectivity index is 2.03. The molecule has 1 N–H and O–H groups in total. The summed E-state index contributed by atoms with van der Waals surface area (Å²) in [6, 6.07) is 7.95. The van der Waals surface area contributed by atoms with E-state index in [1.807, 2.05) is 31.2 Å². The van der Waals surface area contributed by atoms with Gasteiger partial charge in [0.25, 0.3) is 0 Å². The minimum absolute atomic E-state index is 0.645. The molecule has 19 heavy (non-hydrogen) atoms. The third kappa shape index (κ3) is 3.94. The fourth-order valence-electron chi connectivity index (χ4n) is 1.70. The second kappa shape index (κ2) is 6.73. The third-order valence-electron chi connectivity index (χ3n) is 2.71. The second-order valence-corrected chi connectivity index (χ2v) is 6.36. The van der Waals surface area contributed by atoms with Crippen molar-refractivity contribution in [3.05, 3.63) is 50.8 Å². The van der Waals surface area contributed by atoms with Gasteiger partial charge in [-0.25, -0.2) is 0 Å². The zero-order valence-corrected chi connectivity index (χ0v) is 14.0. The van der Waals surface area contributed by atoms with Gasteiger partial charge >= 0.3 is 0 Å². The fraction of sp³-hybridized carbons (Fsp3) is 0.286. The van der Waals surface area contributed by atoms with Crippen LogP contribution < -0.4 is 5.32 Å². The van der Waals surface area contributed by atoms with Gasteiger partial charge in [0.1, 0.15) is 11.5 Å². The van der Waals surface area contributed by atoms with Gasteiger partial charge in [-0.1, -0.05) is 11.6 Å². The van der Waals surface area contributed by atoms with Gasteiger partial charge in [-0.2, -0.15) is 11.8 Å². The van der Waals surface area contributed by atoms with Crippen LogP contribution >= 0.6 is 39.3 Å². The lowest BCUT2D eigenvalue weighted by Crippen LogP contribution is -1.99. The van der Waals surface area contributed by atoms with Crippen molar-refractivity contribution in [3.8, 4) is 0 Å². The zero-order chi connectivity index (χ0) is 13.8. The van der Waals surface area contributed by atoms with E-state index in [4.69, 9.17) is 16.0 Å². The van der Waals surface area contributed by atoms with E-state index < -0.39 is 0 Å². The van der Waals surface area contributed by atoms with Crippen LogP contribution in [-0.2, 0) is 12.3 Å². The first-order valence-corrected chi connectivity index (χ1v) is 8.42. The largest absolute Gasteiger partial charge is 0.463 e. The Kier molecular flexibility index (Phi) is 5.25. The second-order valence-electron chi connectivity index (χ2n) is 4.24. The van der Waals surface area contributed by atoms with Crippen LogP contribution in [0, 0.1) is 6.92 Å². The minimum atomic E-state index is 0.645. The molecular formula is C14H15BrClNOS. The number of halogens is 2. The Morgan fingerprint density at radius 1 is 1.32 bits per heavy atom. The number of hydrogen-bond acceptors (Lipinski definition) is 3. The van der Waals surface area contributed by atoms with Crippen LogP contribution in [0.25, 0.3) is 0 Å². The maximum absolute atomic E-state index is 6.13. The van der Waals surface area contributed by atoms with Crippen molar-refractivity contribution in [1.29, 1.82) is 0 Å². The molecule has 0 saturated heterocycles. The topological polar surface area (TPSA) is 25.2 Å². The van der Waals surface area contributed by atoms with Crippen molar-refractivity contribution in [2.75, 3.05) is 11.6 Å². The molecule has 102 valence electrons. The summed E-state index contributed by atoms with van der Waals surface area (Å²) in [6.45, 7) is 2.63. The van der Waals surface area contributed by atoms with Gasteiger partial charge < -0.3 is 9.73 Å². The molecular weight excluding hydrogens is 346 g/mol. The number of anilines is 1. The Bertz CT molecular complexity index is 571. The maximum atomic E-state index is 6.13. The third-order valence-corrected chi connectivity index (χ3v) is 4.34. The summed E-state index contributed by atoms with van der Waals surface area (Å²) in [5.41, 5.74) is 2.03. The molecule has 1 aromatic carbocycles. The standard InChI is InChI=1S/C14H15BrClNOS/c1-9-5-12(15)14(6-13(9)16)17-7-10-3-4-11(18-10)8-19-2/h3-6,17H,7-8H2,1-2H3. The van der Waals surface area contributed by atoms with Gasteiger partial charge in [-0.3, -0.25) is 0 Å². The van der Waals surface area contributed by atoms with Crippen molar-refractivity contribution in [1.82, 2.24) is 0 Å². The highest BCUT2D eigenvalue weighted by molar-refractivity contribution is 9.10. The number of aryl methyl sites for hydroxylation is 1. The number of furan rings is 1. The Hall–Kier alpha value is -0.580. The number of benzene rings is 1. The molecule has 0 aliphatic carbocycles. The van der Waals surface area contributed by atoms with E-state index in [1.165, 1.54) is 0 Å². The van der Waals surface area contributed by atoms with Crippen LogP contribution in [0.3, 0.4) is 0 Å². The summed E-state index contributed by atoms with van der Waals surface area (Å²) in [5.74, 6) is 2.83. The van der Waals surface area contributed by atoms with Crippen LogP contribution in [0.5, 0.6) is 0 Å². The first-order chi connectivity index (χ1) is 9.10. The van der Waals surface area contributed by atoms with Crippen LogP contribution in [0.4, 0.5) is 5.69 Å². The predicted molar refractivity (Wildman–Crippen MR) is 87.1 cm³/mol. The normalized spacial score (nSPS) is 10.7. The van der Waals surface area contributed by atoms with E-state index in [1.54, 1.807) is 11.8 Å². The molecule has 2 rings (SSSR count). The summed E-state index contributed by atoms with van der Waals surface area (Å²) in [5, 5.41) is 4.08. The van der Waals surface area contributed by atoms with E-state index >= 15 is 0 Å². The molecule has 0 aliphatic heterocycles. The number of rotatable bonds is 5. The van der Waals surface area contributed by atoms with Gasteiger partial charge in [0.05, 0.1) is 18.0 Å². The molecule has 0 fully saturated rings. The lowest BCUT2D eigenvalue weighted by atomic mass is 10.2. The molecule has 0 atom stereocenters. The lowest BCUT2D eigenvalue weighted by molar-refractivity contribution is 0.487. The average Bonchev–Trinajstić information content (AvgIpc) is 2.80. The van der Waals surface area contributed by atoms with Gasteiger partial charge in [-0.05, 0) is 58.9 Å². The van der Waals surface area contributed by atoms with Gasteiger partial charge in [0.2, 0.25) is 0 Å². The summed E-state index contributed by atoms with van der Waals surface area (Å²) in [7, 11) is 0. The molecule has 2 aromatic rings. The molecule has 0 bridgehead atoms. The van der Waals surface area contributed by atoms with Crippen molar-refractivity contribution in [2.45, 2.75) is 19.2 Å². The molecule has 2 nitrogen and oxygen atoms in total. The van der Waals surface area contributed by atoms with Crippen LogP contribution in [-0.4, -0.2) is 6.26 Å². The molecule has 0 radical (unpaired) electrons. The fourth-order valence-corrected chi connectivity index (χ4v) is 2.90. The monoisotopic (exact) mass is 359 g/mol. The van der Waals surface area contributed by atoms with Gasteiger partial charge in [0, 0.05) is 9.50 Å². The first kappa shape index (κ1) is 14.8. The van der Waals surface area contributed by atoms with E-state index in [-0.39, 0.29) is 0 Å². The Morgan fingerprint density at radius 2 is 2.05 bits per heavy atom. The molecule has 0 aliphatic rings. The van der Waals surface area contributed by atoms with Crippen LogP contribution in [0.1, 0.15) is 17.1 Å². The lowest BCUT2D eigenvalue weighted by Gasteiger charge is -2.09. The quantitative estimate of drug-likeness (QED) is 0.764. The smallest absolute Gasteiger partial charge is 0.123 e. The highest BCUT2D eigenvalue weighted by atomic mass is 79.9. The molecule has 0 spiro atoms. The van der Waals surface area contributed by atoms with Gasteiger partial charge in [-0.15, -0.1) is 0 Å². The van der Waals surface area contributed by atoms with E-state index in [9.17, 15) is 0 Å². The first-order valence-electron chi connectivity index (χ1n) is 5.86. The Labute approximate surface area is 131 Å². The SMILES string of the molecule is CSCc1ccc(CNc2cc(Cl)c(C)cc2Br)o1. The molecule has 5 heteroatoms. The highest BCUT2D eigenvalue weighted by Crippen LogP contribution is 2.29. The van der Waals surface area contributed by atoms with Crippen molar-refractivity contribution in [2.24, 2.45) is 0 Å². The van der Waals surface area contributed by atoms with Crippen LogP contribution in [0.15, 0.2) is 33.2 Å². The van der Waals surface area contributed by atoms with E-state index in [0.717, 1.165) is 38.0 Å². The maximum Gasteiger partial charge on any atom is 0.123 e. The van der Waals surface area contributed by atoms with Crippen molar-refractivity contribution in [3.63, 3.8) is 0 Å². The van der Waals surface area contributed by atoms with Crippen LogP contribution in [0.2, 0.25) is 5.02 Å². The van der Waals surface area contributed by atoms with E-state index in [0.29, 0.717) is 6.54 Å².